The maximum atomic E-state index is 12.5. The van der Waals surface area contributed by atoms with Gasteiger partial charge in [-0.3, -0.25) is 4.79 Å². The van der Waals surface area contributed by atoms with Gasteiger partial charge in [0.05, 0.1) is 0 Å². The van der Waals surface area contributed by atoms with Crippen LogP contribution in [0.25, 0.3) is 11.1 Å². The van der Waals surface area contributed by atoms with Crippen LogP contribution in [0.5, 0.6) is 0 Å². The molecule has 0 bridgehead atoms. The predicted molar refractivity (Wildman–Crippen MR) is 125 cm³/mol. The first-order chi connectivity index (χ1) is 16.5. The van der Waals surface area contributed by atoms with Gasteiger partial charge >= 0.3 is 12.1 Å². The smallest absolute Gasteiger partial charge is 0.407 e. The van der Waals surface area contributed by atoms with Gasteiger partial charge in [-0.2, -0.15) is 0 Å². The molecular weight excluding hydrogens is 436 g/mol. The van der Waals surface area contributed by atoms with Crippen LogP contribution in [-0.4, -0.2) is 55.5 Å². The van der Waals surface area contributed by atoms with Crippen LogP contribution in [0.2, 0.25) is 0 Å². The summed E-state index contributed by atoms with van der Waals surface area (Å²) in [6, 6.07) is 16.2. The first kappa shape index (κ1) is 23.8. The Bertz CT molecular complexity index is 1010. The third-order valence-corrected chi connectivity index (χ3v) is 6.73. The maximum absolute atomic E-state index is 12.5. The van der Waals surface area contributed by atoms with Crippen molar-refractivity contribution >= 4 is 18.0 Å². The zero-order valence-electron chi connectivity index (χ0n) is 19.2. The van der Waals surface area contributed by atoms with Gasteiger partial charge in [-0.05, 0) is 41.5 Å². The molecule has 0 radical (unpaired) electrons. The fourth-order valence-corrected chi connectivity index (χ4v) is 4.97. The summed E-state index contributed by atoms with van der Waals surface area (Å²) in [5.74, 6) is -1.39. The van der Waals surface area contributed by atoms with Gasteiger partial charge < -0.3 is 25.2 Å². The molecule has 2 aliphatic carbocycles. The number of alkyl carbamates (subject to hydrolysis) is 1. The summed E-state index contributed by atoms with van der Waals surface area (Å²) in [6.07, 6.45) is 0.670. The van der Waals surface area contributed by atoms with Crippen molar-refractivity contribution in [1.29, 1.82) is 0 Å². The normalized spacial score (nSPS) is 19.7. The molecule has 0 saturated heterocycles. The van der Waals surface area contributed by atoms with Crippen molar-refractivity contribution in [2.75, 3.05) is 20.3 Å². The first-order valence-corrected chi connectivity index (χ1v) is 11.6. The molecule has 3 N–H and O–H groups in total. The monoisotopic (exact) mass is 466 g/mol. The molecule has 0 aromatic heterocycles. The van der Waals surface area contributed by atoms with Gasteiger partial charge in [-0.15, -0.1) is 0 Å². The van der Waals surface area contributed by atoms with Gasteiger partial charge in [0.2, 0.25) is 5.91 Å². The molecule has 0 spiro atoms. The molecular formula is C26H30N2O6. The molecule has 0 aliphatic heterocycles. The standard InChI is InChI=1S/C26H30N2O6/c1-33-23(25(30)31)12-13-27-24(29)16-10-11-17(14-16)28-26(32)34-15-22-20-8-4-2-6-18(20)19-7-3-5-9-21(19)22/h2-9,16-17,22-23H,10-15H2,1H3,(H,27,29)(H,28,32)(H,30,31)/t16-,17+,23?/m0/s1. The van der Waals surface area contributed by atoms with E-state index in [1.165, 1.54) is 18.2 Å². The molecule has 3 atom stereocenters. The summed E-state index contributed by atoms with van der Waals surface area (Å²) < 4.78 is 10.5. The van der Waals surface area contributed by atoms with Gasteiger partial charge in [0.1, 0.15) is 6.61 Å². The van der Waals surface area contributed by atoms with Crippen molar-refractivity contribution in [2.45, 2.75) is 43.7 Å². The molecule has 8 heteroatoms. The van der Waals surface area contributed by atoms with Crippen LogP contribution < -0.4 is 10.6 Å². The second-order valence-corrected chi connectivity index (χ2v) is 8.82. The summed E-state index contributed by atoms with van der Waals surface area (Å²) in [5.41, 5.74) is 4.68. The lowest BCUT2D eigenvalue weighted by Crippen LogP contribution is -2.36. The Balaban J connectivity index is 1.23. The number of rotatable bonds is 9. The van der Waals surface area contributed by atoms with Crippen LogP contribution in [0.3, 0.4) is 0 Å². The lowest BCUT2D eigenvalue weighted by molar-refractivity contribution is -0.149. The molecule has 1 fully saturated rings. The molecule has 180 valence electrons. The van der Waals surface area contributed by atoms with Crippen molar-refractivity contribution < 1.29 is 29.0 Å². The van der Waals surface area contributed by atoms with Crippen molar-refractivity contribution in [1.82, 2.24) is 10.6 Å². The number of benzene rings is 2. The van der Waals surface area contributed by atoms with Gasteiger partial charge in [-0.1, -0.05) is 48.5 Å². The Labute approximate surface area is 198 Å². The number of carboxylic acid groups (broad SMARTS) is 1. The number of hydrogen-bond donors (Lipinski definition) is 3. The summed E-state index contributed by atoms with van der Waals surface area (Å²) in [7, 11) is 1.33. The highest BCUT2D eigenvalue weighted by molar-refractivity contribution is 5.80. The number of amides is 2. The largest absolute Gasteiger partial charge is 0.479 e. The van der Waals surface area contributed by atoms with Crippen LogP contribution in [0, 0.1) is 5.92 Å². The highest BCUT2D eigenvalue weighted by Gasteiger charge is 2.32. The number of fused-ring (bicyclic) bond motifs is 3. The Morgan fingerprint density at radius 3 is 2.29 bits per heavy atom. The van der Waals surface area contributed by atoms with Crippen LogP contribution in [0.4, 0.5) is 4.79 Å². The maximum Gasteiger partial charge on any atom is 0.407 e. The first-order valence-electron chi connectivity index (χ1n) is 11.6. The number of hydrogen-bond acceptors (Lipinski definition) is 5. The minimum atomic E-state index is -1.05. The zero-order chi connectivity index (χ0) is 24.1. The number of carboxylic acids is 1. The molecule has 1 saturated carbocycles. The third-order valence-electron chi connectivity index (χ3n) is 6.73. The van der Waals surface area contributed by atoms with E-state index in [-0.39, 0.29) is 43.4 Å². The average Bonchev–Trinajstić information content (AvgIpc) is 3.43. The van der Waals surface area contributed by atoms with E-state index < -0.39 is 18.2 Å². The van der Waals surface area contributed by atoms with Gasteiger partial charge in [0.15, 0.2) is 6.10 Å². The van der Waals surface area contributed by atoms with E-state index in [0.717, 1.165) is 11.1 Å². The SMILES string of the molecule is COC(CCNC(=O)[C@H]1CC[C@@H](NC(=O)OCC2c3ccccc3-c3ccccc32)C1)C(=O)O. The van der Waals surface area contributed by atoms with Crippen LogP contribution >= 0.6 is 0 Å². The van der Waals surface area contributed by atoms with E-state index in [9.17, 15) is 14.4 Å². The van der Waals surface area contributed by atoms with E-state index >= 15 is 0 Å². The molecule has 2 aromatic rings. The summed E-state index contributed by atoms with van der Waals surface area (Å²) in [4.78, 5) is 35.9. The fraction of sp³-hybridized carbons (Fsp3) is 0.423. The van der Waals surface area contributed by atoms with Crippen molar-refractivity contribution in [3.8, 4) is 11.1 Å². The van der Waals surface area contributed by atoms with Crippen molar-refractivity contribution in [3.63, 3.8) is 0 Å². The predicted octanol–water partition coefficient (Wildman–Crippen LogP) is 3.30. The van der Waals surface area contributed by atoms with Crippen molar-refractivity contribution in [2.24, 2.45) is 5.92 Å². The summed E-state index contributed by atoms with van der Waals surface area (Å²) >= 11 is 0. The number of ether oxygens (including phenoxy) is 2. The molecule has 2 aliphatic rings. The molecule has 8 nitrogen and oxygen atoms in total. The number of carbonyl (C=O) groups excluding carboxylic acids is 2. The lowest BCUT2D eigenvalue weighted by atomic mass is 9.98. The van der Waals surface area contributed by atoms with E-state index in [2.05, 4.69) is 34.9 Å². The molecule has 2 aromatic carbocycles. The van der Waals surface area contributed by atoms with Gasteiger partial charge in [0.25, 0.3) is 0 Å². The minimum absolute atomic E-state index is 0.00184. The second kappa shape index (κ2) is 10.7. The Kier molecular flexibility index (Phi) is 7.47. The number of carbonyl (C=O) groups is 3. The summed E-state index contributed by atoms with van der Waals surface area (Å²) in [6.45, 7) is 0.478. The van der Waals surface area contributed by atoms with Crippen LogP contribution in [0.15, 0.2) is 48.5 Å². The number of nitrogens with one attached hydrogen (secondary N) is 2. The van der Waals surface area contributed by atoms with Crippen LogP contribution in [-0.2, 0) is 19.1 Å². The van der Waals surface area contributed by atoms with E-state index in [4.69, 9.17) is 14.6 Å². The van der Waals surface area contributed by atoms with E-state index in [1.54, 1.807) is 0 Å². The van der Waals surface area contributed by atoms with E-state index in [1.807, 2.05) is 24.3 Å². The lowest BCUT2D eigenvalue weighted by Gasteiger charge is -2.17. The summed E-state index contributed by atoms with van der Waals surface area (Å²) in [5, 5.41) is 14.7. The second-order valence-electron chi connectivity index (χ2n) is 8.82. The van der Waals surface area contributed by atoms with Crippen LogP contribution in [0.1, 0.15) is 42.7 Å². The Morgan fingerprint density at radius 2 is 1.68 bits per heavy atom. The molecule has 2 amide bonds. The highest BCUT2D eigenvalue weighted by Crippen LogP contribution is 2.44. The zero-order valence-corrected chi connectivity index (χ0v) is 19.2. The van der Waals surface area contributed by atoms with E-state index in [0.29, 0.717) is 19.3 Å². The molecule has 4 rings (SSSR count). The quantitative estimate of drug-likeness (QED) is 0.523. The molecule has 1 unspecified atom stereocenters. The molecule has 0 heterocycles. The molecule has 34 heavy (non-hydrogen) atoms. The number of methoxy groups -OCH3 is 1. The highest BCUT2D eigenvalue weighted by atomic mass is 16.5. The van der Waals surface area contributed by atoms with Crippen molar-refractivity contribution in [3.05, 3.63) is 59.7 Å². The third kappa shape index (κ3) is 5.22. The minimum Gasteiger partial charge on any atom is -0.479 e. The van der Waals surface area contributed by atoms with Gasteiger partial charge in [-0.25, -0.2) is 9.59 Å². The Morgan fingerprint density at radius 1 is 1.03 bits per heavy atom. The average molecular weight is 467 g/mol. The Hall–Kier alpha value is -3.39. The fourth-order valence-electron chi connectivity index (χ4n) is 4.97. The number of aliphatic carboxylic acids is 1. The van der Waals surface area contributed by atoms with Gasteiger partial charge in [0, 0.05) is 38.0 Å². The topological polar surface area (TPSA) is 114 Å².